The van der Waals surface area contributed by atoms with Crippen molar-refractivity contribution in [1.29, 1.82) is 5.26 Å². The smallest absolute Gasteiger partial charge is 0.329 e. The minimum atomic E-state index is -1.15. The molecule has 0 spiro atoms. The first-order chi connectivity index (χ1) is 7.17. The first kappa shape index (κ1) is 11.0. The van der Waals surface area contributed by atoms with Crippen molar-refractivity contribution in [3.63, 3.8) is 0 Å². The van der Waals surface area contributed by atoms with Crippen LogP contribution >= 0.6 is 0 Å². The van der Waals surface area contributed by atoms with Crippen LogP contribution in [0.1, 0.15) is 11.1 Å². The van der Waals surface area contributed by atoms with Gasteiger partial charge in [0.05, 0.1) is 12.2 Å². The Labute approximate surface area is 86.7 Å². The summed E-state index contributed by atoms with van der Waals surface area (Å²) in [4.78, 5) is 10.4. The van der Waals surface area contributed by atoms with Crippen LogP contribution in [0.2, 0.25) is 0 Å². The van der Waals surface area contributed by atoms with E-state index >= 15 is 0 Å². The van der Waals surface area contributed by atoms with E-state index in [2.05, 4.69) is 0 Å². The number of carboxylic acids is 1. The highest BCUT2D eigenvalue weighted by atomic mass is 16.4. The maximum absolute atomic E-state index is 10.4. The molecular weight excluding hydrogens is 194 g/mol. The van der Waals surface area contributed by atoms with Crippen molar-refractivity contribution in [3.8, 4) is 6.07 Å². The van der Waals surface area contributed by atoms with E-state index in [1.54, 1.807) is 30.3 Å². The van der Waals surface area contributed by atoms with Gasteiger partial charge in [-0.1, -0.05) is 24.3 Å². The summed E-state index contributed by atoms with van der Waals surface area (Å²) in [5.41, 5.74) is 1.33. The summed E-state index contributed by atoms with van der Waals surface area (Å²) in [5.74, 6) is -1.15. The predicted molar refractivity (Wildman–Crippen MR) is 53.6 cm³/mol. The topological polar surface area (TPSA) is 81.3 Å². The molecule has 0 heterocycles. The van der Waals surface area contributed by atoms with Crippen LogP contribution in [0.5, 0.6) is 0 Å². The van der Waals surface area contributed by atoms with Crippen LogP contribution < -0.4 is 0 Å². The minimum absolute atomic E-state index is 0.0786. The summed E-state index contributed by atoms with van der Waals surface area (Å²) in [6, 6.07) is 8.29. The zero-order valence-corrected chi connectivity index (χ0v) is 7.84. The molecule has 0 fully saturated rings. The van der Waals surface area contributed by atoms with E-state index in [1.807, 2.05) is 0 Å². The fourth-order valence-electron chi connectivity index (χ4n) is 1.09. The molecule has 15 heavy (non-hydrogen) atoms. The second kappa shape index (κ2) is 4.94. The SMILES string of the molecule is N#C/C(=C\C(=O)O)c1ccc(CO)cc1. The molecule has 0 aliphatic carbocycles. The number of nitrogens with zero attached hydrogens (tertiary/aromatic N) is 1. The molecule has 0 aliphatic rings. The Morgan fingerprint density at radius 3 is 2.40 bits per heavy atom. The van der Waals surface area contributed by atoms with E-state index in [4.69, 9.17) is 15.5 Å². The number of hydrogen-bond donors (Lipinski definition) is 2. The van der Waals surface area contributed by atoms with Crippen molar-refractivity contribution < 1.29 is 15.0 Å². The summed E-state index contributed by atoms with van der Waals surface area (Å²) < 4.78 is 0. The third-order valence-electron chi connectivity index (χ3n) is 1.84. The highest BCUT2D eigenvalue weighted by Gasteiger charge is 2.02. The molecule has 1 aromatic rings. The van der Waals surface area contributed by atoms with Gasteiger partial charge in [0, 0.05) is 6.08 Å². The molecule has 2 N–H and O–H groups in total. The Hall–Kier alpha value is -2.12. The lowest BCUT2D eigenvalue weighted by Gasteiger charge is -1.99. The highest BCUT2D eigenvalue weighted by molar-refractivity contribution is 5.94. The Morgan fingerprint density at radius 2 is 2.00 bits per heavy atom. The minimum Gasteiger partial charge on any atom is -0.478 e. The maximum atomic E-state index is 10.4. The second-order valence-corrected chi connectivity index (χ2v) is 2.86. The van der Waals surface area contributed by atoms with Crippen LogP contribution in [-0.4, -0.2) is 16.2 Å². The summed E-state index contributed by atoms with van der Waals surface area (Å²) in [6.07, 6.45) is 0.855. The van der Waals surface area contributed by atoms with Crippen LogP contribution in [-0.2, 0) is 11.4 Å². The first-order valence-corrected chi connectivity index (χ1v) is 4.22. The van der Waals surface area contributed by atoms with E-state index in [0.29, 0.717) is 11.1 Å². The number of aliphatic carboxylic acids is 1. The van der Waals surface area contributed by atoms with Crippen molar-refractivity contribution in [2.75, 3.05) is 0 Å². The van der Waals surface area contributed by atoms with E-state index in [1.165, 1.54) is 0 Å². The average molecular weight is 203 g/mol. The molecule has 0 atom stereocenters. The number of aliphatic hydroxyl groups excluding tert-OH is 1. The van der Waals surface area contributed by atoms with Gasteiger partial charge in [-0.05, 0) is 11.1 Å². The molecule has 4 nitrogen and oxygen atoms in total. The molecule has 1 aromatic carbocycles. The van der Waals surface area contributed by atoms with Crippen molar-refractivity contribution in [1.82, 2.24) is 0 Å². The molecule has 0 bridgehead atoms. The molecule has 0 radical (unpaired) electrons. The van der Waals surface area contributed by atoms with Gasteiger partial charge in [0.1, 0.15) is 6.07 Å². The Kier molecular flexibility index (Phi) is 3.61. The Balaban J connectivity index is 3.05. The number of allylic oxidation sites excluding steroid dienone is 1. The van der Waals surface area contributed by atoms with Gasteiger partial charge in [0.2, 0.25) is 0 Å². The monoisotopic (exact) mass is 203 g/mol. The fraction of sp³-hybridized carbons (Fsp3) is 0.0909. The zero-order valence-electron chi connectivity index (χ0n) is 7.84. The van der Waals surface area contributed by atoms with Crippen molar-refractivity contribution in [3.05, 3.63) is 41.5 Å². The Bertz CT molecular complexity index is 426. The average Bonchev–Trinajstić information content (AvgIpc) is 2.26. The highest BCUT2D eigenvalue weighted by Crippen LogP contribution is 2.14. The van der Waals surface area contributed by atoms with Crippen LogP contribution in [0.25, 0.3) is 5.57 Å². The van der Waals surface area contributed by atoms with Gasteiger partial charge in [-0.2, -0.15) is 5.26 Å². The van der Waals surface area contributed by atoms with Gasteiger partial charge in [0.25, 0.3) is 0 Å². The van der Waals surface area contributed by atoms with Crippen molar-refractivity contribution in [2.24, 2.45) is 0 Å². The van der Waals surface area contributed by atoms with Crippen LogP contribution in [0.15, 0.2) is 30.3 Å². The number of carboxylic acid groups (broad SMARTS) is 1. The quantitative estimate of drug-likeness (QED) is 0.570. The van der Waals surface area contributed by atoms with Crippen LogP contribution in [0.3, 0.4) is 0 Å². The number of benzene rings is 1. The van der Waals surface area contributed by atoms with Crippen LogP contribution in [0.4, 0.5) is 0 Å². The third kappa shape index (κ3) is 2.93. The van der Waals surface area contributed by atoms with E-state index in [-0.39, 0.29) is 12.2 Å². The molecule has 0 unspecified atom stereocenters. The molecule has 1 rings (SSSR count). The Morgan fingerprint density at radius 1 is 1.40 bits per heavy atom. The molecule has 76 valence electrons. The summed E-state index contributed by atoms with van der Waals surface area (Å²) >= 11 is 0. The van der Waals surface area contributed by atoms with Crippen LogP contribution in [0, 0.1) is 11.3 Å². The van der Waals surface area contributed by atoms with Gasteiger partial charge in [0.15, 0.2) is 0 Å². The normalized spacial score (nSPS) is 10.8. The largest absolute Gasteiger partial charge is 0.478 e. The number of carbonyl (C=O) groups is 1. The molecule has 0 aromatic heterocycles. The standard InChI is InChI=1S/C11H9NO3/c12-6-10(5-11(14)15)9-3-1-8(7-13)2-4-9/h1-5,13H,7H2,(H,14,15)/b10-5+. The third-order valence-corrected chi connectivity index (χ3v) is 1.84. The van der Waals surface area contributed by atoms with Gasteiger partial charge < -0.3 is 10.2 Å². The summed E-state index contributed by atoms with van der Waals surface area (Å²) in [5, 5.41) is 26.0. The van der Waals surface area contributed by atoms with Gasteiger partial charge in [-0.25, -0.2) is 4.79 Å². The summed E-state index contributed by atoms with van der Waals surface area (Å²) in [7, 11) is 0. The van der Waals surface area contributed by atoms with E-state index in [9.17, 15) is 4.79 Å². The van der Waals surface area contributed by atoms with E-state index in [0.717, 1.165) is 6.08 Å². The summed E-state index contributed by atoms with van der Waals surface area (Å²) in [6.45, 7) is -0.0786. The van der Waals surface area contributed by atoms with Gasteiger partial charge >= 0.3 is 5.97 Å². The molecular formula is C11H9NO3. The molecule has 0 amide bonds. The first-order valence-electron chi connectivity index (χ1n) is 4.22. The fourth-order valence-corrected chi connectivity index (χ4v) is 1.09. The predicted octanol–water partition coefficient (Wildman–Crippen LogP) is 1.17. The van der Waals surface area contributed by atoms with Crippen molar-refractivity contribution >= 4 is 11.5 Å². The second-order valence-electron chi connectivity index (χ2n) is 2.86. The molecule has 0 saturated heterocycles. The van der Waals surface area contributed by atoms with Gasteiger partial charge in [-0.15, -0.1) is 0 Å². The maximum Gasteiger partial charge on any atom is 0.329 e. The lowest BCUT2D eigenvalue weighted by atomic mass is 10.1. The number of nitriles is 1. The molecule has 0 saturated carbocycles. The molecule has 4 heteroatoms. The lowest BCUT2D eigenvalue weighted by Crippen LogP contribution is -1.91. The lowest BCUT2D eigenvalue weighted by molar-refractivity contribution is -0.131. The van der Waals surface area contributed by atoms with Crippen molar-refractivity contribution in [2.45, 2.75) is 6.61 Å². The van der Waals surface area contributed by atoms with E-state index < -0.39 is 5.97 Å². The molecule has 0 aliphatic heterocycles. The zero-order chi connectivity index (χ0) is 11.3. The number of rotatable bonds is 3. The van der Waals surface area contributed by atoms with Gasteiger partial charge in [-0.3, -0.25) is 0 Å². The number of hydrogen-bond acceptors (Lipinski definition) is 3. The number of aliphatic hydroxyl groups is 1.